The summed E-state index contributed by atoms with van der Waals surface area (Å²) in [5, 5.41) is 8.77. The van der Waals surface area contributed by atoms with E-state index in [0.717, 1.165) is 6.42 Å². The highest BCUT2D eigenvalue weighted by Crippen LogP contribution is 2.20. The molecule has 1 aliphatic rings. The fraction of sp³-hybridized carbons (Fsp3) is 0.217. The van der Waals surface area contributed by atoms with Gasteiger partial charge in [0.05, 0.1) is 23.6 Å². The third kappa shape index (κ3) is 3.67. The van der Waals surface area contributed by atoms with E-state index in [1.54, 1.807) is 48.5 Å². The Morgan fingerprint density at radius 1 is 1.19 bits per heavy atom. The predicted molar refractivity (Wildman–Crippen MR) is 116 cm³/mol. The summed E-state index contributed by atoms with van der Waals surface area (Å²) in [6.07, 6.45) is 2.54. The molecule has 32 heavy (non-hydrogen) atoms. The van der Waals surface area contributed by atoms with E-state index in [0.29, 0.717) is 46.5 Å². The van der Waals surface area contributed by atoms with E-state index in [1.807, 2.05) is 0 Å². The van der Waals surface area contributed by atoms with Crippen molar-refractivity contribution in [2.24, 2.45) is 0 Å². The topological polar surface area (TPSA) is 93.1 Å². The summed E-state index contributed by atoms with van der Waals surface area (Å²) < 4.78 is 20.4. The first-order valence-electron chi connectivity index (χ1n) is 10.2. The molecule has 0 spiro atoms. The monoisotopic (exact) mass is 433 g/mol. The number of nitrogens with one attached hydrogen (secondary N) is 1. The number of ether oxygens (including phenoxy) is 1. The molecule has 1 N–H and O–H groups in total. The van der Waals surface area contributed by atoms with Gasteiger partial charge in [-0.05, 0) is 55.0 Å². The van der Waals surface area contributed by atoms with E-state index in [4.69, 9.17) is 4.74 Å². The maximum atomic E-state index is 13.6. The van der Waals surface area contributed by atoms with Crippen molar-refractivity contribution in [1.29, 1.82) is 0 Å². The second-order valence-corrected chi connectivity index (χ2v) is 7.74. The number of amides is 1. The Balaban J connectivity index is 1.39. The number of pyridine rings is 1. The number of H-pyrrole nitrogens is 1. The number of benzene rings is 2. The van der Waals surface area contributed by atoms with Crippen molar-refractivity contribution in [1.82, 2.24) is 24.9 Å². The number of aromatic amines is 1. The second kappa shape index (κ2) is 8.01. The van der Waals surface area contributed by atoms with Crippen LogP contribution < -0.4 is 5.56 Å². The smallest absolute Gasteiger partial charge is 0.258 e. The number of carbonyl (C=O) groups excluding carboxylic acids is 1. The predicted octanol–water partition coefficient (Wildman–Crippen LogP) is 2.78. The molecule has 0 saturated carbocycles. The van der Waals surface area contributed by atoms with Gasteiger partial charge in [0, 0.05) is 36.7 Å². The number of carbonyl (C=O) groups is 1. The average Bonchev–Trinajstić information content (AvgIpc) is 3.48. The van der Waals surface area contributed by atoms with Crippen molar-refractivity contribution in [2.75, 3.05) is 20.2 Å². The van der Waals surface area contributed by atoms with Gasteiger partial charge in [0.15, 0.2) is 0 Å². The largest absolute Gasteiger partial charge is 0.380 e. The third-order valence-electron chi connectivity index (χ3n) is 5.72. The Morgan fingerprint density at radius 3 is 2.75 bits per heavy atom. The lowest BCUT2D eigenvalue weighted by Crippen LogP contribution is -2.29. The van der Waals surface area contributed by atoms with E-state index in [2.05, 4.69) is 15.3 Å². The van der Waals surface area contributed by atoms with Crippen LogP contribution in [0.4, 0.5) is 4.39 Å². The Bertz CT molecular complexity index is 1360. The molecule has 9 heteroatoms. The molecule has 162 valence electrons. The fourth-order valence-electron chi connectivity index (χ4n) is 3.93. The quantitative estimate of drug-likeness (QED) is 0.534. The molecule has 0 bridgehead atoms. The van der Waals surface area contributed by atoms with Gasteiger partial charge >= 0.3 is 0 Å². The molecule has 1 amide bonds. The molecular formula is C23H20FN5O3. The van der Waals surface area contributed by atoms with Crippen molar-refractivity contribution < 1.29 is 13.9 Å². The molecule has 0 radical (unpaired) electrons. The zero-order valence-electron chi connectivity index (χ0n) is 17.3. The van der Waals surface area contributed by atoms with Crippen molar-refractivity contribution in [2.45, 2.75) is 12.5 Å². The molecule has 4 aromatic rings. The highest BCUT2D eigenvalue weighted by Gasteiger charge is 2.26. The molecule has 3 heterocycles. The van der Waals surface area contributed by atoms with Crippen LogP contribution in [0.5, 0.6) is 0 Å². The van der Waals surface area contributed by atoms with Gasteiger partial charge in [-0.25, -0.2) is 9.07 Å². The van der Waals surface area contributed by atoms with E-state index < -0.39 is 0 Å². The molecule has 8 nitrogen and oxygen atoms in total. The molecule has 5 rings (SSSR count). The molecule has 0 unspecified atom stereocenters. The molecular weight excluding hydrogens is 413 g/mol. The fourth-order valence-corrected chi connectivity index (χ4v) is 3.93. The summed E-state index contributed by atoms with van der Waals surface area (Å²) in [7, 11) is 1.66. The van der Waals surface area contributed by atoms with E-state index in [1.165, 1.54) is 22.9 Å². The first-order valence-corrected chi connectivity index (χ1v) is 10.2. The van der Waals surface area contributed by atoms with Crippen molar-refractivity contribution in [3.8, 4) is 16.9 Å². The SMILES string of the molecule is CO[C@H]1CCN(C(=O)c2ccc(-n3cc(-c4cc5cc(F)ccc5[nH]c4=O)nn3)cc2)C1. The van der Waals surface area contributed by atoms with Gasteiger partial charge in [0.1, 0.15) is 11.5 Å². The molecule has 1 atom stereocenters. The summed E-state index contributed by atoms with van der Waals surface area (Å²) in [5.41, 5.74) is 2.14. The lowest BCUT2D eigenvalue weighted by Gasteiger charge is -2.16. The van der Waals surface area contributed by atoms with Crippen LogP contribution in [-0.4, -0.2) is 57.1 Å². The molecule has 1 fully saturated rings. The van der Waals surface area contributed by atoms with Gasteiger partial charge in [0.25, 0.3) is 11.5 Å². The maximum Gasteiger partial charge on any atom is 0.258 e. The van der Waals surface area contributed by atoms with Crippen LogP contribution >= 0.6 is 0 Å². The summed E-state index contributed by atoms with van der Waals surface area (Å²) >= 11 is 0. The van der Waals surface area contributed by atoms with Gasteiger partial charge in [-0.15, -0.1) is 5.10 Å². The zero-order chi connectivity index (χ0) is 22.2. The van der Waals surface area contributed by atoms with Crippen molar-refractivity contribution in [3.63, 3.8) is 0 Å². The van der Waals surface area contributed by atoms with Crippen LogP contribution in [-0.2, 0) is 4.74 Å². The number of methoxy groups -OCH3 is 1. The summed E-state index contributed by atoms with van der Waals surface area (Å²) in [4.78, 5) is 29.7. The summed E-state index contributed by atoms with van der Waals surface area (Å²) in [6, 6.07) is 12.8. The zero-order valence-corrected chi connectivity index (χ0v) is 17.3. The number of nitrogens with zero attached hydrogens (tertiary/aromatic N) is 4. The van der Waals surface area contributed by atoms with E-state index >= 15 is 0 Å². The number of hydrogen-bond donors (Lipinski definition) is 1. The minimum Gasteiger partial charge on any atom is -0.380 e. The third-order valence-corrected chi connectivity index (χ3v) is 5.72. The van der Waals surface area contributed by atoms with Gasteiger partial charge < -0.3 is 14.6 Å². The molecule has 2 aromatic carbocycles. The van der Waals surface area contributed by atoms with E-state index in [-0.39, 0.29) is 23.4 Å². The minimum absolute atomic E-state index is 0.0368. The molecule has 1 aliphatic heterocycles. The van der Waals surface area contributed by atoms with Crippen molar-refractivity contribution >= 4 is 16.8 Å². The molecule has 1 saturated heterocycles. The van der Waals surface area contributed by atoms with Gasteiger partial charge in [-0.3, -0.25) is 9.59 Å². The molecule has 0 aliphatic carbocycles. The Kier molecular flexibility index (Phi) is 5.02. The second-order valence-electron chi connectivity index (χ2n) is 7.74. The van der Waals surface area contributed by atoms with Gasteiger partial charge in [-0.1, -0.05) is 5.21 Å². The highest BCUT2D eigenvalue weighted by molar-refractivity contribution is 5.94. The van der Waals surface area contributed by atoms with Crippen molar-refractivity contribution in [3.05, 3.63) is 76.5 Å². The van der Waals surface area contributed by atoms with E-state index in [9.17, 15) is 14.0 Å². The molecule has 2 aromatic heterocycles. The normalized spacial score (nSPS) is 16.1. The van der Waals surface area contributed by atoms with Crippen LogP contribution in [0.1, 0.15) is 16.8 Å². The standard InChI is InChI=1S/C23H20FN5O3/c1-32-18-8-9-28(12-18)23(31)14-2-5-17(6-3-14)29-13-21(26-27-29)19-11-15-10-16(24)4-7-20(15)25-22(19)30/h2-7,10-11,13,18H,8-9,12H2,1H3,(H,25,30)/t18-/m0/s1. The van der Waals surface area contributed by atoms with Gasteiger partial charge in [-0.2, -0.15) is 0 Å². The maximum absolute atomic E-state index is 13.6. The lowest BCUT2D eigenvalue weighted by atomic mass is 10.1. The Labute approximate surface area is 182 Å². The first-order chi connectivity index (χ1) is 15.5. The minimum atomic E-state index is -0.388. The van der Waals surface area contributed by atoms with Gasteiger partial charge in [0.2, 0.25) is 0 Å². The Morgan fingerprint density at radius 2 is 2.00 bits per heavy atom. The van der Waals surface area contributed by atoms with Crippen LogP contribution in [0, 0.1) is 5.82 Å². The highest BCUT2D eigenvalue weighted by atomic mass is 19.1. The number of fused-ring (bicyclic) bond motifs is 1. The van der Waals surface area contributed by atoms with Crippen LogP contribution in [0.15, 0.2) is 59.5 Å². The number of halogens is 1. The summed E-state index contributed by atoms with van der Waals surface area (Å²) in [5.74, 6) is -0.425. The first kappa shape index (κ1) is 20.1. The lowest BCUT2D eigenvalue weighted by molar-refractivity contribution is 0.0724. The number of likely N-dealkylation sites (tertiary alicyclic amines) is 1. The summed E-state index contributed by atoms with van der Waals surface area (Å²) in [6.45, 7) is 1.27. The average molecular weight is 433 g/mol. The van der Waals surface area contributed by atoms with Crippen LogP contribution in [0.3, 0.4) is 0 Å². The van der Waals surface area contributed by atoms with Crippen LogP contribution in [0.25, 0.3) is 27.8 Å². The van der Waals surface area contributed by atoms with Crippen LogP contribution in [0.2, 0.25) is 0 Å². The number of hydrogen-bond acceptors (Lipinski definition) is 5. The Hall–Kier alpha value is -3.85. The number of rotatable bonds is 4. The number of aromatic nitrogens is 4.